The van der Waals surface area contributed by atoms with Gasteiger partial charge >= 0.3 is 0 Å². The van der Waals surface area contributed by atoms with Gasteiger partial charge in [0.05, 0.1) is 5.75 Å². The molecule has 120 valence electrons. The molecule has 1 aliphatic rings. The third-order valence-electron chi connectivity index (χ3n) is 4.48. The van der Waals surface area contributed by atoms with Gasteiger partial charge in [-0.05, 0) is 59.3 Å². The van der Waals surface area contributed by atoms with Crippen molar-refractivity contribution in [3.05, 3.63) is 0 Å². The summed E-state index contributed by atoms with van der Waals surface area (Å²) in [5, 5.41) is 3.22. The van der Waals surface area contributed by atoms with E-state index in [0.717, 1.165) is 38.8 Å². The van der Waals surface area contributed by atoms with E-state index < -0.39 is 10.0 Å². The Labute approximate surface area is 124 Å². The SMILES string of the molecule is CCNCCCCS(=O)(=O)N(C)CC1(N(C)C)CCC1. The Hall–Kier alpha value is -0.170. The number of likely N-dealkylation sites (N-methyl/N-ethyl adjacent to an activating group) is 2. The highest BCUT2D eigenvalue weighted by Gasteiger charge is 2.41. The van der Waals surface area contributed by atoms with Gasteiger partial charge in [0.25, 0.3) is 0 Å². The summed E-state index contributed by atoms with van der Waals surface area (Å²) >= 11 is 0. The zero-order chi connectivity index (χ0) is 15.2. The Balaban J connectivity index is 2.42. The van der Waals surface area contributed by atoms with E-state index in [1.165, 1.54) is 6.42 Å². The number of unbranched alkanes of at least 4 members (excludes halogenated alkanes) is 1. The molecule has 1 saturated carbocycles. The molecule has 0 spiro atoms. The van der Waals surface area contributed by atoms with Gasteiger partial charge in [0.2, 0.25) is 10.0 Å². The van der Waals surface area contributed by atoms with Crippen LogP contribution in [0.15, 0.2) is 0 Å². The highest BCUT2D eigenvalue weighted by Crippen LogP contribution is 2.37. The molecule has 0 aromatic carbocycles. The quantitative estimate of drug-likeness (QED) is 0.615. The molecule has 0 atom stereocenters. The Morgan fingerprint density at radius 3 is 2.25 bits per heavy atom. The molecule has 20 heavy (non-hydrogen) atoms. The van der Waals surface area contributed by atoms with Gasteiger partial charge in [-0.2, -0.15) is 0 Å². The molecule has 6 heteroatoms. The molecule has 5 nitrogen and oxygen atoms in total. The van der Waals surface area contributed by atoms with Crippen molar-refractivity contribution in [1.82, 2.24) is 14.5 Å². The number of nitrogens with zero attached hydrogens (tertiary/aromatic N) is 2. The largest absolute Gasteiger partial charge is 0.317 e. The fourth-order valence-corrected chi connectivity index (χ4v) is 4.03. The van der Waals surface area contributed by atoms with Crippen molar-refractivity contribution >= 4 is 10.0 Å². The van der Waals surface area contributed by atoms with Crippen molar-refractivity contribution in [3.8, 4) is 0 Å². The van der Waals surface area contributed by atoms with Crippen LogP contribution in [0.1, 0.15) is 39.0 Å². The molecular weight excluding hydrogens is 274 g/mol. The van der Waals surface area contributed by atoms with Crippen molar-refractivity contribution in [1.29, 1.82) is 0 Å². The van der Waals surface area contributed by atoms with Crippen LogP contribution >= 0.6 is 0 Å². The van der Waals surface area contributed by atoms with E-state index in [4.69, 9.17) is 0 Å². The Morgan fingerprint density at radius 1 is 1.15 bits per heavy atom. The van der Waals surface area contributed by atoms with Crippen LogP contribution in [0.25, 0.3) is 0 Å². The molecule has 1 fully saturated rings. The summed E-state index contributed by atoms with van der Waals surface area (Å²) in [5.74, 6) is 0.262. The molecule has 0 saturated heterocycles. The minimum absolute atomic E-state index is 0.0611. The van der Waals surface area contributed by atoms with Crippen LogP contribution < -0.4 is 5.32 Å². The minimum atomic E-state index is -3.11. The van der Waals surface area contributed by atoms with E-state index in [1.807, 2.05) is 0 Å². The zero-order valence-corrected chi connectivity index (χ0v) is 14.3. The topological polar surface area (TPSA) is 52.7 Å². The second-order valence-electron chi connectivity index (χ2n) is 6.11. The number of nitrogens with one attached hydrogen (secondary N) is 1. The lowest BCUT2D eigenvalue weighted by molar-refractivity contribution is 0.0455. The van der Waals surface area contributed by atoms with Crippen LogP contribution in [0.2, 0.25) is 0 Å². The first kappa shape index (κ1) is 17.9. The summed E-state index contributed by atoms with van der Waals surface area (Å²) in [5.41, 5.74) is 0.0611. The zero-order valence-electron chi connectivity index (χ0n) is 13.5. The molecule has 0 amide bonds. The fraction of sp³-hybridized carbons (Fsp3) is 1.00. The van der Waals surface area contributed by atoms with Crippen LogP contribution in [0, 0.1) is 0 Å². The van der Waals surface area contributed by atoms with Gasteiger partial charge in [0.15, 0.2) is 0 Å². The number of sulfonamides is 1. The number of hydrogen-bond acceptors (Lipinski definition) is 4. The summed E-state index contributed by atoms with van der Waals surface area (Å²) in [6, 6.07) is 0. The summed E-state index contributed by atoms with van der Waals surface area (Å²) in [6.45, 7) is 4.52. The standard InChI is InChI=1S/C14H31N3O2S/c1-5-15-11-6-7-12-20(18,19)17(4)13-14(16(2)3)9-8-10-14/h15H,5-13H2,1-4H3. The molecule has 0 radical (unpaired) electrons. The van der Waals surface area contributed by atoms with Crippen molar-refractivity contribution in [2.75, 3.05) is 46.5 Å². The predicted octanol–water partition coefficient (Wildman–Crippen LogP) is 1.12. The molecule has 1 aliphatic carbocycles. The lowest BCUT2D eigenvalue weighted by atomic mass is 9.75. The van der Waals surface area contributed by atoms with E-state index in [1.54, 1.807) is 11.4 Å². The molecule has 0 aromatic rings. The summed E-state index contributed by atoms with van der Waals surface area (Å²) in [7, 11) is 2.72. The average molecular weight is 305 g/mol. The number of hydrogen-bond donors (Lipinski definition) is 1. The first-order chi connectivity index (χ1) is 9.34. The molecule has 1 rings (SSSR count). The Bertz CT molecular complexity index is 378. The summed E-state index contributed by atoms with van der Waals surface area (Å²) in [4.78, 5) is 2.19. The molecule has 0 aromatic heterocycles. The second-order valence-corrected chi connectivity index (χ2v) is 8.30. The molecule has 0 unspecified atom stereocenters. The maximum atomic E-state index is 12.3. The van der Waals surface area contributed by atoms with Crippen LogP contribution in [0.5, 0.6) is 0 Å². The Morgan fingerprint density at radius 2 is 1.80 bits per heavy atom. The molecular formula is C14H31N3O2S. The Kier molecular flexibility index (Phi) is 6.91. The van der Waals surface area contributed by atoms with E-state index in [2.05, 4.69) is 31.2 Å². The third kappa shape index (κ3) is 4.69. The molecule has 0 bridgehead atoms. The van der Waals surface area contributed by atoms with Crippen LogP contribution in [0.3, 0.4) is 0 Å². The van der Waals surface area contributed by atoms with Crippen molar-refractivity contribution in [2.24, 2.45) is 0 Å². The maximum absolute atomic E-state index is 12.3. The molecule has 1 N–H and O–H groups in total. The van der Waals surface area contributed by atoms with Crippen LogP contribution in [-0.2, 0) is 10.0 Å². The molecule has 0 heterocycles. The van der Waals surface area contributed by atoms with Crippen LogP contribution in [0.4, 0.5) is 0 Å². The van der Waals surface area contributed by atoms with Gasteiger partial charge in [0, 0.05) is 19.1 Å². The number of rotatable bonds is 10. The highest BCUT2D eigenvalue weighted by molar-refractivity contribution is 7.89. The smallest absolute Gasteiger partial charge is 0.213 e. The van der Waals surface area contributed by atoms with E-state index in [9.17, 15) is 8.42 Å². The van der Waals surface area contributed by atoms with Gasteiger partial charge in [-0.1, -0.05) is 6.92 Å². The second kappa shape index (κ2) is 7.73. The van der Waals surface area contributed by atoms with Gasteiger partial charge in [0.1, 0.15) is 0 Å². The van der Waals surface area contributed by atoms with Gasteiger partial charge < -0.3 is 10.2 Å². The average Bonchev–Trinajstić information content (AvgIpc) is 2.32. The van der Waals surface area contributed by atoms with E-state index >= 15 is 0 Å². The van der Waals surface area contributed by atoms with Crippen molar-refractivity contribution in [3.63, 3.8) is 0 Å². The highest BCUT2D eigenvalue weighted by atomic mass is 32.2. The first-order valence-electron chi connectivity index (χ1n) is 7.66. The van der Waals surface area contributed by atoms with Gasteiger partial charge in [-0.3, -0.25) is 0 Å². The third-order valence-corrected chi connectivity index (χ3v) is 6.36. The minimum Gasteiger partial charge on any atom is -0.317 e. The summed E-state index contributed by atoms with van der Waals surface area (Å²) < 4.78 is 26.1. The lowest BCUT2D eigenvalue weighted by Crippen LogP contribution is -2.57. The van der Waals surface area contributed by atoms with Gasteiger partial charge in [-0.25, -0.2) is 12.7 Å². The molecule has 0 aliphatic heterocycles. The van der Waals surface area contributed by atoms with Gasteiger partial charge in [-0.15, -0.1) is 0 Å². The van der Waals surface area contributed by atoms with E-state index in [-0.39, 0.29) is 11.3 Å². The maximum Gasteiger partial charge on any atom is 0.213 e. The normalized spacial score (nSPS) is 18.5. The predicted molar refractivity (Wildman–Crippen MR) is 84.5 cm³/mol. The van der Waals surface area contributed by atoms with Crippen LogP contribution in [-0.4, -0.2) is 69.7 Å². The summed E-state index contributed by atoms with van der Waals surface area (Å²) in [6.07, 6.45) is 5.05. The van der Waals surface area contributed by atoms with Crippen molar-refractivity contribution < 1.29 is 8.42 Å². The first-order valence-corrected chi connectivity index (χ1v) is 9.27. The monoisotopic (exact) mass is 305 g/mol. The fourth-order valence-electron chi connectivity index (χ4n) is 2.71. The van der Waals surface area contributed by atoms with E-state index in [0.29, 0.717) is 6.54 Å². The van der Waals surface area contributed by atoms with Crippen molar-refractivity contribution in [2.45, 2.75) is 44.6 Å². The lowest BCUT2D eigenvalue weighted by Gasteiger charge is -2.49.